The van der Waals surface area contributed by atoms with Crippen LogP contribution in [0.25, 0.3) is 0 Å². The van der Waals surface area contributed by atoms with Crippen LogP contribution in [0.2, 0.25) is 0 Å². The van der Waals surface area contributed by atoms with Crippen molar-refractivity contribution in [2.24, 2.45) is 0 Å². The Morgan fingerprint density at radius 3 is 3.10 bits per heavy atom. The first kappa shape index (κ1) is 6.58. The summed E-state index contributed by atoms with van der Waals surface area (Å²) in [6, 6.07) is 0. The van der Waals surface area contributed by atoms with E-state index in [0.717, 1.165) is 12.8 Å². The normalized spacial score (nSPS) is 53.4. The van der Waals surface area contributed by atoms with E-state index >= 15 is 0 Å². The van der Waals surface area contributed by atoms with Crippen molar-refractivity contribution in [1.29, 1.82) is 0 Å². The van der Waals surface area contributed by atoms with Gasteiger partial charge in [0.15, 0.2) is 6.29 Å². The van der Waals surface area contributed by atoms with Crippen molar-refractivity contribution in [2.75, 3.05) is 6.61 Å². The SMILES string of the molecule is C[C@]1(O)CC[C@H]2CO[C@@H]1O2. The number of hydrogen-bond donors (Lipinski definition) is 1. The summed E-state index contributed by atoms with van der Waals surface area (Å²) >= 11 is 0. The van der Waals surface area contributed by atoms with Gasteiger partial charge in [-0.15, -0.1) is 0 Å². The van der Waals surface area contributed by atoms with Crippen LogP contribution in [-0.4, -0.2) is 29.7 Å². The van der Waals surface area contributed by atoms with Crippen molar-refractivity contribution in [1.82, 2.24) is 0 Å². The largest absolute Gasteiger partial charge is 0.385 e. The molecule has 0 aromatic rings. The van der Waals surface area contributed by atoms with Gasteiger partial charge < -0.3 is 14.6 Å². The third-order valence-corrected chi connectivity index (χ3v) is 2.23. The molecule has 0 aliphatic carbocycles. The second-order valence-electron chi connectivity index (χ2n) is 3.32. The lowest BCUT2D eigenvalue weighted by Gasteiger charge is -2.32. The van der Waals surface area contributed by atoms with Crippen molar-refractivity contribution in [3.63, 3.8) is 0 Å². The number of ether oxygens (including phenoxy) is 2. The van der Waals surface area contributed by atoms with E-state index in [2.05, 4.69) is 0 Å². The van der Waals surface area contributed by atoms with E-state index in [1.807, 2.05) is 0 Å². The van der Waals surface area contributed by atoms with Crippen LogP contribution in [0, 0.1) is 0 Å². The second-order valence-corrected chi connectivity index (χ2v) is 3.32. The highest BCUT2D eigenvalue weighted by Crippen LogP contribution is 2.34. The fraction of sp³-hybridized carbons (Fsp3) is 1.00. The molecule has 1 N–H and O–H groups in total. The molecule has 0 aromatic heterocycles. The molecule has 2 rings (SSSR count). The van der Waals surface area contributed by atoms with Crippen molar-refractivity contribution in [2.45, 2.75) is 37.8 Å². The summed E-state index contributed by atoms with van der Waals surface area (Å²) in [5, 5.41) is 9.61. The van der Waals surface area contributed by atoms with Crippen molar-refractivity contribution in [3.05, 3.63) is 0 Å². The first-order valence-corrected chi connectivity index (χ1v) is 3.68. The van der Waals surface area contributed by atoms with Gasteiger partial charge in [0.1, 0.15) is 5.60 Å². The molecule has 10 heavy (non-hydrogen) atoms. The molecule has 3 heteroatoms. The van der Waals surface area contributed by atoms with E-state index in [9.17, 15) is 5.11 Å². The standard InChI is InChI=1S/C7H12O3/c1-7(8)3-2-5-4-9-6(7)10-5/h5-6,8H,2-4H2,1H3/t5-,6+,7-/m0/s1. The maximum Gasteiger partial charge on any atom is 0.186 e. The van der Waals surface area contributed by atoms with Gasteiger partial charge in [0.05, 0.1) is 12.7 Å². The molecule has 2 bridgehead atoms. The van der Waals surface area contributed by atoms with E-state index in [-0.39, 0.29) is 12.4 Å². The van der Waals surface area contributed by atoms with Gasteiger partial charge in [0.25, 0.3) is 0 Å². The van der Waals surface area contributed by atoms with Gasteiger partial charge >= 0.3 is 0 Å². The van der Waals surface area contributed by atoms with Crippen LogP contribution < -0.4 is 0 Å². The summed E-state index contributed by atoms with van der Waals surface area (Å²) in [6.07, 6.45) is 1.59. The number of aliphatic hydroxyl groups is 1. The number of hydrogen-bond acceptors (Lipinski definition) is 3. The molecule has 2 fully saturated rings. The Kier molecular flexibility index (Phi) is 1.27. The van der Waals surface area contributed by atoms with Crippen molar-refractivity contribution < 1.29 is 14.6 Å². The lowest BCUT2D eigenvalue weighted by atomic mass is 9.96. The predicted octanol–water partition coefficient (Wildman–Crippen LogP) is 0.273. The van der Waals surface area contributed by atoms with Gasteiger partial charge in [-0.3, -0.25) is 0 Å². The molecular formula is C7H12O3. The van der Waals surface area contributed by atoms with Crippen LogP contribution in [0.5, 0.6) is 0 Å². The molecule has 0 spiro atoms. The van der Waals surface area contributed by atoms with Crippen LogP contribution in [0.4, 0.5) is 0 Å². The summed E-state index contributed by atoms with van der Waals surface area (Å²) in [4.78, 5) is 0. The van der Waals surface area contributed by atoms with Gasteiger partial charge in [-0.1, -0.05) is 0 Å². The molecule has 0 saturated carbocycles. The minimum atomic E-state index is -0.757. The molecule has 2 aliphatic heterocycles. The lowest BCUT2D eigenvalue weighted by Crippen LogP contribution is -2.43. The van der Waals surface area contributed by atoms with E-state index in [0.29, 0.717) is 6.61 Å². The molecule has 0 radical (unpaired) electrons. The van der Waals surface area contributed by atoms with Crippen LogP contribution in [-0.2, 0) is 9.47 Å². The zero-order valence-electron chi connectivity index (χ0n) is 6.04. The summed E-state index contributed by atoms with van der Waals surface area (Å²) in [5.74, 6) is 0. The van der Waals surface area contributed by atoms with Gasteiger partial charge in [0, 0.05) is 0 Å². The van der Waals surface area contributed by atoms with E-state index < -0.39 is 5.60 Å². The average molecular weight is 144 g/mol. The van der Waals surface area contributed by atoms with Crippen LogP contribution >= 0.6 is 0 Å². The Bertz CT molecular complexity index is 144. The average Bonchev–Trinajstić information content (AvgIpc) is 2.26. The van der Waals surface area contributed by atoms with Gasteiger partial charge in [-0.05, 0) is 19.8 Å². The molecular weight excluding hydrogens is 132 g/mol. The minimum absolute atomic E-state index is 0.241. The maximum atomic E-state index is 9.61. The molecule has 3 atom stereocenters. The van der Waals surface area contributed by atoms with E-state index in [1.165, 1.54) is 0 Å². The topological polar surface area (TPSA) is 38.7 Å². The molecule has 2 heterocycles. The van der Waals surface area contributed by atoms with Crippen LogP contribution in [0.1, 0.15) is 19.8 Å². The molecule has 2 saturated heterocycles. The van der Waals surface area contributed by atoms with Crippen LogP contribution in [0.15, 0.2) is 0 Å². The quantitative estimate of drug-likeness (QED) is 0.530. The number of rotatable bonds is 0. The van der Waals surface area contributed by atoms with Gasteiger partial charge in [-0.2, -0.15) is 0 Å². The molecule has 2 aliphatic rings. The predicted molar refractivity (Wildman–Crippen MR) is 34.5 cm³/mol. The van der Waals surface area contributed by atoms with Crippen molar-refractivity contribution >= 4 is 0 Å². The highest BCUT2D eigenvalue weighted by Gasteiger charge is 2.44. The Morgan fingerprint density at radius 1 is 1.60 bits per heavy atom. The highest BCUT2D eigenvalue weighted by atomic mass is 16.7. The van der Waals surface area contributed by atoms with E-state index in [4.69, 9.17) is 9.47 Å². The third kappa shape index (κ3) is 0.856. The second kappa shape index (κ2) is 1.94. The maximum absolute atomic E-state index is 9.61. The first-order chi connectivity index (χ1) is 4.68. The van der Waals surface area contributed by atoms with Gasteiger partial charge in [0.2, 0.25) is 0 Å². The Morgan fingerprint density at radius 2 is 2.40 bits per heavy atom. The number of fused-ring (bicyclic) bond motifs is 2. The minimum Gasteiger partial charge on any atom is -0.385 e. The molecule has 0 amide bonds. The Balaban J connectivity index is 2.14. The smallest absolute Gasteiger partial charge is 0.186 e. The zero-order valence-corrected chi connectivity index (χ0v) is 6.04. The van der Waals surface area contributed by atoms with Crippen molar-refractivity contribution in [3.8, 4) is 0 Å². The molecule has 58 valence electrons. The highest BCUT2D eigenvalue weighted by molar-refractivity contribution is 4.87. The zero-order chi connectivity index (χ0) is 7.19. The molecule has 3 nitrogen and oxygen atoms in total. The van der Waals surface area contributed by atoms with Gasteiger partial charge in [-0.25, -0.2) is 0 Å². The lowest BCUT2D eigenvalue weighted by molar-refractivity contribution is -0.203. The summed E-state index contributed by atoms with van der Waals surface area (Å²) in [7, 11) is 0. The summed E-state index contributed by atoms with van der Waals surface area (Å²) in [6.45, 7) is 2.42. The van der Waals surface area contributed by atoms with E-state index in [1.54, 1.807) is 6.92 Å². The third-order valence-electron chi connectivity index (χ3n) is 2.23. The van der Waals surface area contributed by atoms with Crippen LogP contribution in [0.3, 0.4) is 0 Å². The fourth-order valence-electron chi connectivity index (χ4n) is 1.50. The monoisotopic (exact) mass is 144 g/mol. The fourth-order valence-corrected chi connectivity index (χ4v) is 1.50. The Labute approximate surface area is 59.9 Å². The Hall–Kier alpha value is -0.120. The summed E-state index contributed by atoms with van der Waals surface area (Å²) in [5.41, 5.74) is -0.757. The first-order valence-electron chi connectivity index (χ1n) is 3.68. The molecule has 0 unspecified atom stereocenters. The summed E-state index contributed by atoms with van der Waals surface area (Å²) < 4.78 is 10.6. The molecule has 0 aromatic carbocycles.